The molecule has 474 valence electrons. The second-order valence-corrected chi connectivity index (χ2v) is 20.6. The van der Waals surface area contributed by atoms with Crippen molar-refractivity contribution in [3.63, 3.8) is 0 Å². The van der Waals surface area contributed by atoms with Crippen molar-refractivity contribution in [1.82, 2.24) is 0 Å². The Kier molecular flexibility index (Phi) is 27.2. The molecule has 0 spiro atoms. The van der Waals surface area contributed by atoms with E-state index in [1.807, 2.05) is 77.9 Å². The molecular weight excluding hydrogens is 1140 g/mol. The topological polar surface area (TPSA) is 110 Å². The van der Waals surface area contributed by atoms with Gasteiger partial charge in [-0.15, -0.1) is 0 Å². The molecule has 4 rings (SSSR count). The van der Waals surface area contributed by atoms with Gasteiger partial charge in [-0.3, -0.25) is 9.59 Å². The van der Waals surface area contributed by atoms with Crippen molar-refractivity contribution >= 4 is 24.1 Å². The van der Waals surface area contributed by atoms with Gasteiger partial charge >= 0.3 is 36.6 Å². The molecule has 0 radical (unpaired) electrons. The maximum Gasteiger partial charge on any atom is 0.430 e. The van der Waals surface area contributed by atoms with Crippen molar-refractivity contribution in [2.24, 2.45) is 0 Å². The number of esters is 2. The van der Waals surface area contributed by atoms with Gasteiger partial charge in [0.05, 0.1) is 26.4 Å². The second kappa shape index (κ2) is 31.5. The van der Waals surface area contributed by atoms with Crippen LogP contribution in [0.2, 0.25) is 0 Å². The Hall–Kier alpha value is -6.06. The lowest BCUT2D eigenvalue weighted by Crippen LogP contribution is -2.57. The smallest absolute Gasteiger partial charge is 0.430 e. The number of unbranched alkanes of at least 4 members (excludes halogenated alkanes) is 2. The number of aryl methyl sites for hydroxylation is 4. The largest absolute Gasteiger partial charge is 0.493 e. The van der Waals surface area contributed by atoms with Crippen molar-refractivity contribution < 1.29 is 95.8 Å². The third-order valence-electron chi connectivity index (χ3n) is 15.3. The molecule has 4 aromatic carbocycles. The number of rotatable bonds is 29. The fourth-order valence-corrected chi connectivity index (χ4v) is 10.1. The minimum absolute atomic E-state index is 0.000148. The zero-order valence-corrected chi connectivity index (χ0v) is 50.1. The lowest BCUT2D eigenvalue weighted by Gasteiger charge is -2.35. The van der Waals surface area contributed by atoms with Gasteiger partial charge < -0.3 is 33.5 Å². The second-order valence-electron chi connectivity index (χ2n) is 20.6. The molecule has 85 heavy (non-hydrogen) atoms. The molecule has 0 fully saturated rings. The number of carbonyl (C=O) groups excluding carboxylic acids is 2. The van der Waals surface area contributed by atoms with Crippen LogP contribution in [0.4, 0.5) is 52.7 Å². The molecule has 0 saturated heterocycles. The van der Waals surface area contributed by atoms with Crippen LogP contribution in [0.1, 0.15) is 161 Å². The van der Waals surface area contributed by atoms with Gasteiger partial charge in [0.2, 0.25) is 0 Å². The van der Waals surface area contributed by atoms with Crippen LogP contribution in [0, 0.1) is 27.7 Å². The van der Waals surface area contributed by atoms with E-state index < -0.39 is 53.5 Å². The zero-order valence-electron chi connectivity index (χ0n) is 50.1. The number of aliphatic hydroxyl groups is 1. The van der Waals surface area contributed by atoms with E-state index in [-0.39, 0.29) is 35.2 Å². The van der Waals surface area contributed by atoms with Crippen LogP contribution in [0.3, 0.4) is 0 Å². The van der Waals surface area contributed by atoms with Gasteiger partial charge in [0.1, 0.15) is 18.3 Å². The zero-order chi connectivity index (χ0) is 64.2. The Bertz CT molecular complexity index is 2800. The number of methoxy groups -OCH3 is 1. The highest BCUT2D eigenvalue weighted by Crippen LogP contribution is 2.49. The maximum absolute atomic E-state index is 13.7. The summed E-state index contributed by atoms with van der Waals surface area (Å²) < 4.78 is 191. The quantitative estimate of drug-likeness (QED) is 0.0246. The van der Waals surface area contributed by atoms with E-state index in [9.17, 15) is 67.4 Å². The maximum atomic E-state index is 13.7. The summed E-state index contributed by atoms with van der Waals surface area (Å²) in [6.07, 6.45) is -16.1. The van der Waals surface area contributed by atoms with Gasteiger partial charge in [-0.1, -0.05) is 101 Å². The van der Waals surface area contributed by atoms with Gasteiger partial charge in [-0.05, 0) is 173 Å². The Morgan fingerprint density at radius 2 is 0.812 bits per heavy atom. The van der Waals surface area contributed by atoms with Crippen molar-refractivity contribution in [2.75, 3.05) is 40.3 Å². The highest BCUT2D eigenvalue weighted by molar-refractivity contribution is 5.69. The van der Waals surface area contributed by atoms with E-state index in [0.717, 1.165) is 52.3 Å². The van der Waals surface area contributed by atoms with Crippen molar-refractivity contribution in [3.05, 3.63) is 141 Å². The van der Waals surface area contributed by atoms with E-state index >= 15 is 0 Å². The summed E-state index contributed by atoms with van der Waals surface area (Å²) in [5.74, 6) is 0.974. The number of benzene rings is 4. The van der Waals surface area contributed by atoms with Crippen LogP contribution in [0.5, 0.6) is 11.5 Å². The van der Waals surface area contributed by atoms with Crippen LogP contribution < -0.4 is 9.47 Å². The molecular formula is C64H80F12O9. The van der Waals surface area contributed by atoms with Crippen molar-refractivity contribution in [3.8, 4) is 11.5 Å². The van der Waals surface area contributed by atoms with Crippen LogP contribution >= 0.6 is 0 Å². The molecule has 0 unspecified atom stereocenters. The average Bonchev–Trinajstić information content (AvgIpc) is 1.81. The highest BCUT2D eigenvalue weighted by atomic mass is 19.4. The summed E-state index contributed by atoms with van der Waals surface area (Å²) in [5, 5.41) is 9.45. The van der Waals surface area contributed by atoms with Crippen LogP contribution in [0.25, 0.3) is 12.2 Å². The van der Waals surface area contributed by atoms with E-state index in [0.29, 0.717) is 114 Å². The first kappa shape index (κ1) is 73.2. The molecule has 0 amide bonds. The predicted octanol–water partition coefficient (Wildman–Crippen LogP) is 17.4. The lowest BCUT2D eigenvalue weighted by atomic mass is 9.70. The third-order valence-corrected chi connectivity index (χ3v) is 15.3. The molecule has 1 N–H and O–H groups in total. The standard InChI is InChI=1S/C33H42F6O5.C31H38F6O4/c1-7-30(8-2,27-15-16-28(24(5)21-27)43-19-11-10-12-29(40)42-9-3)26-14-13-25(23(4)20-26)17-18-31(32(34,35)36,33(37,38)39)44-22-41-6;1-6-28(7-2,25-14-15-26(22(5)20-25)41-18-10-9-11-27(38)40-8-3)24-13-12-23(21(4)19-24)16-17-29(39,30(32,33)34)31(35,36)37/h13-18,20-21H,7-12,19,22H2,1-6H3;12-17,19-20,39H,6-11,18H2,1-5H3/b18-17+;17-16+. The number of halogens is 12. The summed E-state index contributed by atoms with van der Waals surface area (Å²) in [4.78, 5) is 23.0. The fraction of sp³-hybridized carbons (Fsp3) is 0.531. The molecule has 0 saturated carbocycles. The van der Waals surface area contributed by atoms with E-state index in [1.54, 1.807) is 52.0 Å². The van der Waals surface area contributed by atoms with Gasteiger partial charge in [-0.2, -0.15) is 52.7 Å². The molecule has 21 heteroatoms. The number of hydrogen-bond donors (Lipinski definition) is 1. The SMILES string of the molecule is CCOC(=O)CCCCOc1ccc(C(CC)(CC)c2ccc(/C=C/C(O)(C(F)(F)F)C(F)(F)F)c(C)c2)cc1C.CCOC(=O)CCCCOc1ccc(C(CC)(CC)c2ccc(/C=C/C(OCOC)(C(F)(F)F)C(F)(F)F)c(C)c2)cc1C. The summed E-state index contributed by atoms with van der Waals surface area (Å²) in [6, 6.07) is 21.8. The Morgan fingerprint density at radius 1 is 0.471 bits per heavy atom. The minimum atomic E-state index is -5.93. The van der Waals surface area contributed by atoms with Crippen LogP contribution in [-0.4, -0.2) is 93.3 Å². The minimum Gasteiger partial charge on any atom is -0.493 e. The van der Waals surface area contributed by atoms with Gasteiger partial charge in [0, 0.05) is 30.8 Å². The normalized spacial score (nSPS) is 13.0. The van der Waals surface area contributed by atoms with Crippen molar-refractivity contribution in [1.29, 1.82) is 0 Å². The van der Waals surface area contributed by atoms with E-state index in [2.05, 4.69) is 9.47 Å². The molecule has 0 bridgehead atoms. The average molecular weight is 1220 g/mol. The fourth-order valence-electron chi connectivity index (χ4n) is 10.1. The Balaban J connectivity index is 0.000000446. The molecule has 0 aromatic heterocycles. The van der Waals surface area contributed by atoms with Gasteiger partial charge in [0.15, 0.2) is 0 Å². The first-order valence-corrected chi connectivity index (χ1v) is 28.2. The Morgan fingerprint density at radius 3 is 1.11 bits per heavy atom. The summed E-state index contributed by atoms with van der Waals surface area (Å²) in [6.45, 7) is 19.1. The predicted molar refractivity (Wildman–Crippen MR) is 302 cm³/mol. The molecule has 0 atom stereocenters. The first-order valence-electron chi connectivity index (χ1n) is 28.2. The molecule has 0 heterocycles. The monoisotopic (exact) mass is 1220 g/mol. The lowest BCUT2D eigenvalue weighted by molar-refractivity contribution is -0.372. The van der Waals surface area contributed by atoms with Crippen LogP contribution in [0.15, 0.2) is 84.9 Å². The molecule has 0 aliphatic carbocycles. The van der Waals surface area contributed by atoms with Crippen LogP contribution in [-0.2, 0) is 39.4 Å². The molecule has 4 aromatic rings. The van der Waals surface area contributed by atoms with E-state index in [1.165, 1.54) is 12.1 Å². The number of hydrogen-bond acceptors (Lipinski definition) is 9. The van der Waals surface area contributed by atoms with Crippen molar-refractivity contribution in [2.45, 2.75) is 180 Å². The first-order chi connectivity index (χ1) is 39.7. The Labute approximate surface area is 491 Å². The molecule has 0 aliphatic heterocycles. The highest BCUT2D eigenvalue weighted by Gasteiger charge is 2.71. The number of carbonyl (C=O) groups is 2. The van der Waals surface area contributed by atoms with E-state index in [4.69, 9.17) is 18.9 Å². The summed E-state index contributed by atoms with van der Waals surface area (Å²) >= 11 is 0. The molecule has 9 nitrogen and oxygen atoms in total. The molecule has 0 aliphatic rings. The number of alkyl halides is 12. The van der Waals surface area contributed by atoms with Gasteiger partial charge in [0.25, 0.3) is 11.2 Å². The third kappa shape index (κ3) is 18.2. The van der Waals surface area contributed by atoms with Gasteiger partial charge in [-0.25, -0.2) is 0 Å². The summed E-state index contributed by atoms with van der Waals surface area (Å²) in [5.41, 5.74) is -3.51. The summed E-state index contributed by atoms with van der Waals surface area (Å²) in [7, 11) is 0.941. The number of ether oxygens (including phenoxy) is 6.